The Morgan fingerprint density at radius 2 is 2.30 bits per heavy atom. The number of carbonyl (C=O) groups excluding carboxylic acids is 1. The minimum absolute atomic E-state index is 0.329. The Hall–Kier alpha value is -2.50. The zero-order valence-corrected chi connectivity index (χ0v) is 11.6. The maximum absolute atomic E-state index is 11.9. The third kappa shape index (κ3) is 3.28. The smallest absolute Gasteiger partial charge is 0.340 e. The maximum atomic E-state index is 11.9. The van der Waals surface area contributed by atoms with Gasteiger partial charge in [-0.15, -0.1) is 0 Å². The fraction of sp³-hybridized carbons (Fsp3) is 0.286. The number of benzene rings is 1. The van der Waals surface area contributed by atoms with Crippen LogP contribution in [-0.2, 0) is 18.3 Å². The number of nitrogens with two attached hydrogens (primary N) is 1. The second-order valence-electron chi connectivity index (χ2n) is 4.40. The molecular formula is C14H18N4O2. The van der Waals surface area contributed by atoms with Gasteiger partial charge in [-0.1, -0.05) is 0 Å². The third-order valence-electron chi connectivity index (χ3n) is 2.78. The number of hydrogen-bond acceptors (Lipinski definition) is 5. The number of rotatable bonds is 5. The lowest BCUT2D eigenvalue weighted by atomic mass is 10.1. The van der Waals surface area contributed by atoms with E-state index in [0.717, 1.165) is 5.56 Å². The largest absolute Gasteiger partial charge is 0.462 e. The number of carbonyl (C=O) groups is 1. The van der Waals surface area contributed by atoms with E-state index in [1.54, 1.807) is 36.0 Å². The second-order valence-corrected chi connectivity index (χ2v) is 4.40. The van der Waals surface area contributed by atoms with Crippen molar-refractivity contribution in [2.45, 2.75) is 13.5 Å². The molecule has 2 rings (SSSR count). The molecule has 0 saturated carbocycles. The van der Waals surface area contributed by atoms with Crippen molar-refractivity contribution in [3.05, 3.63) is 41.7 Å². The van der Waals surface area contributed by atoms with Crippen LogP contribution >= 0.6 is 0 Å². The standard InChI is InChI=1S/C14H18N4O2/c1-3-20-14(19)12-6-11(15)4-5-13(12)16-7-10-8-17-18(2)9-10/h4-6,8-9,16H,3,7,15H2,1-2H3. The van der Waals surface area contributed by atoms with Gasteiger partial charge < -0.3 is 15.8 Å². The number of nitrogen functional groups attached to an aromatic ring is 1. The van der Waals surface area contributed by atoms with Crippen molar-refractivity contribution in [3.63, 3.8) is 0 Å². The van der Waals surface area contributed by atoms with Crippen LogP contribution in [0.15, 0.2) is 30.6 Å². The lowest BCUT2D eigenvalue weighted by Gasteiger charge is -2.11. The summed E-state index contributed by atoms with van der Waals surface area (Å²) in [6.45, 7) is 2.67. The molecule has 0 spiro atoms. The van der Waals surface area contributed by atoms with Gasteiger partial charge in [-0.2, -0.15) is 5.10 Å². The Morgan fingerprint density at radius 1 is 1.50 bits per heavy atom. The molecule has 6 nitrogen and oxygen atoms in total. The van der Waals surface area contributed by atoms with Crippen LogP contribution in [0.2, 0.25) is 0 Å². The lowest BCUT2D eigenvalue weighted by Crippen LogP contribution is -2.10. The van der Waals surface area contributed by atoms with Crippen molar-refractivity contribution < 1.29 is 9.53 Å². The quantitative estimate of drug-likeness (QED) is 0.641. The number of esters is 1. The Labute approximate surface area is 117 Å². The predicted molar refractivity (Wildman–Crippen MR) is 77.3 cm³/mol. The monoisotopic (exact) mass is 274 g/mol. The summed E-state index contributed by atoms with van der Waals surface area (Å²) in [6.07, 6.45) is 3.68. The van der Waals surface area contributed by atoms with Crippen molar-refractivity contribution in [1.29, 1.82) is 0 Å². The van der Waals surface area contributed by atoms with Crippen LogP contribution in [0.4, 0.5) is 11.4 Å². The molecule has 0 atom stereocenters. The van der Waals surface area contributed by atoms with E-state index in [2.05, 4.69) is 10.4 Å². The number of nitrogens with zero attached hydrogens (tertiary/aromatic N) is 2. The second kappa shape index (κ2) is 6.10. The fourth-order valence-corrected chi connectivity index (χ4v) is 1.85. The summed E-state index contributed by atoms with van der Waals surface area (Å²) in [5, 5.41) is 7.29. The minimum atomic E-state index is -0.381. The number of aryl methyl sites for hydroxylation is 1. The Morgan fingerprint density at radius 3 is 2.95 bits per heavy atom. The van der Waals surface area contributed by atoms with E-state index in [-0.39, 0.29) is 5.97 Å². The molecule has 0 saturated heterocycles. The number of anilines is 2. The number of hydrogen-bond donors (Lipinski definition) is 2. The van der Waals surface area contributed by atoms with Crippen LogP contribution in [0.5, 0.6) is 0 Å². The van der Waals surface area contributed by atoms with Crippen LogP contribution in [0, 0.1) is 0 Å². The van der Waals surface area contributed by atoms with Crippen molar-refractivity contribution >= 4 is 17.3 Å². The van der Waals surface area contributed by atoms with Crippen LogP contribution in [0.1, 0.15) is 22.8 Å². The molecule has 0 aliphatic heterocycles. The molecule has 1 aromatic carbocycles. The molecule has 0 fully saturated rings. The highest BCUT2D eigenvalue weighted by Gasteiger charge is 2.13. The van der Waals surface area contributed by atoms with Crippen LogP contribution in [-0.4, -0.2) is 22.4 Å². The zero-order chi connectivity index (χ0) is 14.5. The van der Waals surface area contributed by atoms with Gasteiger partial charge in [0.25, 0.3) is 0 Å². The van der Waals surface area contributed by atoms with E-state index in [0.29, 0.717) is 30.1 Å². The van der Waals surface area contributed by atoms with E-state index in [1.165, 1.54) is 0 Å². The van der Waals surface area contributed by atoms with Gasteiger partial charge in [-0.25, -0.2) is 4.79 Å². The van der Waals surface area contributed by atoms with Crippen molar-refractivity contribution in [1.82, 2.24) is 9.78 Å². The predicted octanol–water partition coefficient (Wildman–Crippen LogP) is 1.79. The molecule has 3 N–H and O–H groups in total. The third-order valence-corrected chi connectivity index (χ3v) is 2.78. The first kappa shape index (κ1) is 13.9. The van der Waals surface area contributed by atoms with Gasteiger partial charge in [0.1, 0.15) is 0 Å². The van der Waals surface area contributed by atoms with E-state index in [1.807, 2.05) is 13.2 Å². The van der Waals surface area contributed by atoms with Gasteiger partial charge in [-0.3, -0.25) is 4.68 Å². The molecule has 0 bridgehead atoms. The molecule has 0 aliphatic carbocycles. The summed E-state index contributed by atoms with van der Waals surface area (Å²) in [7, 11) is 1.86. The first-order valence-electron chi connectivity index (χ1n) is 6.38. The maximum Gasteiger partial charge on any atom is 0.340 e. The molecule has 0 aliphatic rings. The Kier molecular flexibility index (Phi) is 4.24. The van der Waals surface area contributed by atoms with E-state index >= 15 is 0 Å². The summed E-state index contributed by atoms with van der Waals surface area (Å²) in [4.78, 5) is 11.9. The summed E-state index contributed by atoms with van der Waals surface area (Å²) in [6, 6.07) is 5.13. The summed E-state index contributed by atoms with van der Waals surface area (Å²) < 4.78 is 6.76. The van der Waals surface area contributed by atoms with Gasteiger partial charge in [-0.05, 0) is 25.1 Å². The van der Waals surface area contributed by atoms with E-state index < -0.39 is 0 Å². The Balaban J connectivity index is 2.16. The normalized spacial score (nSPS) is 10.3. The Bertz CT molecular complexity index is 607. The number of ether oxygens (including phenoxy) is 1. The first-order chi connectivity index (χ1) is 9.60. The molecule has 0 amide bonds. The molecule has 6 heteroatoms. The topological polar surface area (TPSA) is 82.2 Å². The molecule has 0 radical (unpaired) electrons. The zero-order valence-electron chi connectivity index (χ0n) is 11.6. The van der Waals surface area contributed by atoms with Crippen molar-refractivity contribution in [3.8, 4) is 0 Å². The highest BCUT2D eigenvalue weighted by molar-refractivity contribution is 5.96. The first-order valence-corrected chi connectivity index (χ1v) is 6.38. The fourth-order valence-electron chi connectivity index (χ4n) is 1.85. The molecule has 1 aromatic heterocycles. The highest BCUT2D eigenvalue weighted by atomic mass is 16.5. The lowest BCUT2D eigenvalue weighted by molar-refractivity contribution is 0.0527. The molecule has 106 valence electrons. The van der Waals surface area contributed by atoms with Gasteiger partial charge >= 0.3 is 5.97 Å². The van der Waals surface area contributed by atoms with Gasteiger partial charge in [0.05, 0.1) is 18.4 Å². The highest BCUT2D eigenvalue weighted by Crippen LogP contribution is 2.20. The van der Waals surface area contributed by atoms with Gasteiger partial charge in [0.2, 0.25) is 0 Å². The summed E-state index contributed by atoms with van der Waals surface area (Å²) >= 11 is 0. The average Bonchev–Trinajstić information content (AvgIpc) is 2.83. The SMILES string of the molecule is CCOC(=O)c1cc(N)ccc1NCc1cnn(C)c1. The number of nitrogens with one attached hydrogen (secondary N) is 1. The molecule has 0 unspecified atom stereocenters. The molecule has 1 heterocycles. The van der Waals surface area contributed by atoms with Crippen LogP contribution in [0.3, 0.4) is 0 Å². The molecule has 20 heavy (non-hydrogen) atoms. The van der Waals surface area contributed by atoms with Crippen molar-refractivity contribution in [2.75, 3.05) is 17.7 Å². The summed E-state index contributed by atoms with van der Waals surface area (Å²) in [5.41, 5.74) is 8.41. The van der Waals surface area contributed by atoms with E-state index in [4.69, 9.17) is 10.5 Å². The van der Waals surface area contributed by atoms with E-state index in [9.17, 15) is 4.79 Å². The van der Waals surface area contributed by atoms with Gasteiger partial charge in [0.15, 0.2) is 0 Å². The minimum Gasteiger partial charge on any atom is -0.462 e. The molecular weight excluding hydrogens is 256 g/mol. The summed E-state index contributed by atoms with van der Waals surface area (Å²) in [5.74, 6) is -0.381. The van der Waals surface area contributed by atoms with Crippen LogP contribution in [0.25, 0.3) is 0 Å². The van der Waals surface area contributed by atoms with Crippen LogP contribution < -0.4 is 11.1 Å². The number of aromatic nitrogens is 2. The van der Waals surface area contributed by atoms with Crippen molar-refractivity contribution in [2.24, 2.45) is 7.05 Å². The average molecular weight is 274 g/mol. The molecule has 2 aromatic rings. The van der Waals surface area contributed by atoms with Gasteiger partial charge in [0, 0.05) is 36.7 Å².